The van der Waals surface area contributed by atoms with Gasteiger partial charge in [0.25, 0.3) is 11.4 Å². The lowest BCUT2D eigenvalue weighted by Crippen LogP contribution is -2.17. The average molecular weight is 482 g/mol. The Balaban J connectivity index is 2.17. The molecule has 5 rings (SSSR count). The van der Waals surface area contributed by atoms with Crippen LogP contribution in [0.2, 0.25) is 0 Å². The van der Waals surface area contributed by atoms with Gasteiger partial charge in [0.15, 0.2) is 0 Å². The van der Waals surface area contributed by atoms with E-state index in [9.17, 15) is 23.7 Å². The SMILES string of the molecule is [C-]#[N+]/C(C#N)=c1\c2oc3cc(C)ccc3c2/c(=C(/C#N)[N+]#[C-])c2oc3cc(OC(F)(F)F)ccc3c12. The van der Waals surface area contributed by atoms with Gasteiger partial charge < -0.3 is 13.6 Å². The third-order valence-electron chi connectivity index (χ3n) is 5.60. The first-order chi connectivity index (χ1) is 17.2. The number of hydrogen-bond donors (Lipinski definition) is 0. The molecule has 0 amide bonds. The number of furan rings is 2. The lowest BCUT2D eigenvalue weighted by molar-refractivity contribution is -0.274. The predicted octanol–water partition coefficient (Wildman–Crippen LogP) is 5.79. The van der Waals surface area contributed by atoms with Crippen LogP contribution >= 0.6 is 0 Å². The summed E-state index contributed by atoms with van der Waals surface area (Å²) >= 11 is 0. The van der Waals surface area contributed by atoms with Gasteiger partial charge >= 0.3 is 6.36 Å². The minimum atomic E-state index is -4.94. The predicted molar refractivity (Wildman–Crippen MR) is 123 cm³/mol. The number of nitriles is 2. The van der Waals surface area contributed by atoms with Gasteiger partial charge in [0.2, 0.25) is 0 Å². The molecule has 0 saturated carbocycles. The Labute approximate surface area is 199 Å². The molecule has 0 aliphatic carbocycles. The Hall–Kier alpha value is -5.45. The fraction of sp³-hybridized carbons (Fsp3) is 0.0769. The second-order valence-corrected chi connectivity index (χ2v) is 7.71. The third-order valence-corrected chi connectivity index (χ3v) is 5.60. The zero-order valence-electron chi connectivity index (χ0n) is 18.1. The molecule has 0 N–H and O–H groups in total. The second kappa shape index (κ2) is 7.81. The Kier molecular flexibility index (Phi) is 4.85. The van der Waals surface area contributed by atoms with Gasteiger partial charge in [-0.3, -0.25) is 0 Å². The van der Waals surface area contributed by atoms with Crippen LogP contribution in [0.3, 0.4) is 0 Å². The molecule has 0 aliphatic rings. The molecule has 172 valence electrons. The summed E-state index contributed by atoms with van der Waals surface area (Å²) in [6, 6.07) is 12.3. The van der Waals surface area contributed by atoms with Gasteiger partial charge in [0.05, 0.1) is 25.3 Å². The summed E-state index contributed by atoms with van der Waals surface area (Å²) in [4.78, 5) is 6.66. The fourth-order valence-electron chi connectivity index (χ4n) is 4.28. The number of ether oxygens (including phenoxy) is 1. The van der Waals surface area contributed by atoms with Gasteiger partial charge in [-0.2, -0.15) is 0 Å². The van der Waals surface area contributed by atoms with E-state index < -0.39 is 12.1 Å². The number of rotatable bonds is 1. The molecule has 0 spiro atoms. The Morgan fingerprint density at radius 1 is 0.861 bits per heavy atom. The first-order valence-corrected chi connectivity index (χ1v) is 10.1. The molecule has 0 saturated heterocycles. The van der Waals surface area contributed by atoms with Gasteiger partial charge in [-0.25, -0.2) is 20.2 Å². The van der Waals surface area contributed by atoms with Crippen molar-refractivity contribution < 1.29 is 26.7 Å². The zero-order chi connectivity index (χ0) is 25.8. The summed E-state index contributed by atoms with van der Waals surface area (Å²) in [5, 5.41) is 20.8. The van der Waals surface area contributed by atoms with E-state index in [1.54, 1.807) is 18.2 Å². The van der Waals surface area contributed by atoms with E-state index in [4.69, 9.17) is 22.0 Å². The first kappa shape index (κ1) is 22.3. The largest absolute Gasteiger partial charge is 0.573 e. The average Bonchev–Trinajstić information content (AvgIpc) is 3.38. The van der Waals surface area contributed by atoms with Crippen molar-refractivity contribution in [2.75, 3.05) is 0 Å². The maximum atomic E-state index is 12.8. The van der Waals surface area contributed by atoms with E-state index in [1.165, 1.54) is 6.07 Å². The van der Waals surface area contributed by atoms with Crippen LogP contribution in [0, 0.1) is 42.7 Å². The van der Waals surface area contributed by atoms with E-state index in [2.05, 4.69) is 14.4 Å². The van der Waals surface area contributed by atoms with Crippen LogP contribution < -0.4 is 15.2 Å². The van der Waals surface area contributed by atoms with Crippen LogP contribution in [0.15, 0.2) is 45.2 Å². The van der Waals surface area contributed by atoms with Crippen LogP contribution in [0.1, 0.15) is 5.56 Å². The Bertz CT molecular complexity index is 2000. The van der Waals surface area contributed by atoms with E-state index >= 15 is 0 Å². The van der Waals surface area contributed by atoms with Crippen molar-refractivity contribution in [1.82, 2.24) is 0 Å². The number of fused-ring (bicyclic) bond motifs is 6. The molecular formula is C26H9F3N4O3. The number of hydrogen-bond acceptors (Lipinski definition) is 5. The van der Waals surface area contributed by atoms with Gasteiger partial charge in [0.1, 0.15) is 28.1 Å². The molecule has 0 atom stereocenters. The Morgan fingerprint density at radius 3 is 1.83 bits per heavy atom. The van der Waals surface area contributed by atoms with Crippen LogP contribution in [0.4, 0.5) is 13.2 Å². The molecular weight excluding hydrogens is 473 g/mol. The lowest BCUT2D eigenvalue weighted by Gasteiger charge is -2.07. The third kappa shape index (κ3) is 3.26. The van der Waals surface area contributed by atoms with Crippen molar-refractivity contribution in [2.45, 2.75) is 13.3 Å². The highest BCUT2D eigenvalue weighted by atomic mass is 19.4. The van der Waals surface area contributed by atoms with Crippen LogP contribution in [-0.4, -0.2) is 6.36 Å². The maximum Gasteiger partial charge on any atom is 0.573 e. The second-order valence-electron chi connectivity index (χ2n) is 7.71. The van der Waals surface area contributed by atoms with E-state index in [1.807, 2.05) is 19.1 Å². The van der Waals surface area contributed by atoms with Crippen LogP contribution in [-0.2, 0) is 0 Å². The molecule has 0 radical (unpaired) electrons. The van der Waals surface area contributed by atoms with Crippen molar-refractivity contribution in [3.63, 3.8) is 0 Å². The summed E-state index contributed by atoms with van der Waals surface area (Å²) < 4.78 is 54.3. The molecule has 3 aromatic carbocycles. The number of nitrogens with zero attached hydrogens (tertiary/aromatic N) is 4. The molecule has 2 aromatic heterocycles. The lowest BCUT2D eigenvalue weighted by atomic mass is 10.0. The van der Waals surface area contributed by atoms with E-state index in [0.717, 1.165) is 17.7 Å². The number of aryl methyl sites for hydroxylation is 1. The van der Waals surface area contributed by atoms with Gasteiger partial charge in [0, 0.05) is 38.0 Å². The molecule has 10 heteroatoms. The van der Waals surface area contributed by atoms with Crippen molar-refractivity contribution >= 4 is 55.3 Å². The maximum absolute atomic E-state index is 12.8. The van der Waals surface area contributed by atoms with Crippen molar-refractivity contribution in [3.05, 3.63) is 75.2 Å². The van der Waals surface area contributed by atoms with Gasteiger partial charge in [-0.1, -0.05) is 12.1 Å². The zero-order valence-corrected chi connectivity index (χ0v) is 18.1. The standard InChI is InChI=1S/C26H9F3N4O3/c1-12-4-6-14-18(8-12)34-24-20(14)22(16(10-30)32-2)25-21(23(24)17(11-31)33-3)15-7-5-13(9-19(15)35-25)36-26(27,28)29/h4-9H,1H3/b22-16+,23-17-. The smallest absolute Gasteiger partial charge is 0.457 e. The highest BCUT2D eigenvalue weighted by molar-refractivity contribution is 6.17. The normalized spacial score (nSPS) is 13.2. The molecule has 2 heterocycles. The molecule has 0 aliphatic heterocycles. The summed E-state index contributed by atoms with van der Waals surface area (Å²) in [5.74, 6) is -0.550. The summed E-state index contributed by atoms with van der Waals surface area (Å²) in [6.45, 7) is 17.0. The summed E-state index contributed by atoms with van der Waals surface area (Å²) in [5.41, 5.74) is 0.532. The van der Waals surface area contributed by atoms with E-state index in [-0.39, 0.29) is 54.7 Å². The first-order valence-electron chi connectivity index (χ1n) is 10.1. The number of alkyl halides is 3. The highest BCUT2D eigenvalue weighted by Gasteiger charge is 2.31. The van der Waals surface area contributed by atoms with Crippen molar-refractivity contribution in [1.29, 1.82) is 10.5 Å². The van der Waals surface area contributed by atoms with Crippen molar-refractivity contribution in [3.8, 4) is 17.9 Å². The molecule has 36 heavy (non-hydrogen) atoms. The quantitative estimate of drug-likeness (QED) is 0.282. The molecule has 0 bridgehead atoms. The fourth-order valence-corrected chi connectivity index (χ4v) is 4.28. The molecule has 5 aromatic rings. The number of halogens is 3. The molecule has 7 nitrogen and oxygen atoms in total. The molecule has 0 unspecified atom stereocenters. The van der Waals surface area contributed by atoms with Gasteiger partial charge in [-0.15, -0.1) is 13.2 Å². The van der Waals surface area contributed by atoms with Crippen LogP contribution in [0.25, 0.3) is 65.0 Å². The minimum absolute atomic E-state index is 0.0381. The summed E-state index contributed by atoms with van der Waals surface area (Å²) in [6.07, 6.45) is -4.94. The van der Waals surface area contributed by atoms with Crippen molar-refractivity contribution in [2.24, 2.45) is 0 Å². The highest BCUT2D eigenvalue weighted by Crippen LogP contribution is 2.35. The van der Waals surface area contributed by atoms with E-state index in [0.29, 0.717) is 11.0 Å². The minimum Gasteiger partial charge on any atom is -0.457 e. The monoisotopic (exact) mass is 482 g/mol. The van der Waals surface area contributed by atoms with Gasteiger partial charge in [-0.05, 0) is 30.7 Å². The Morgan fingerprint density at radius 2 is 1.36 bits per heavy atom. The summed E-state index contributed by atoms with van der Waals surface area (Å²) in [7, 11) is 0. The number of benzene rings is 3. The molecule has 0 fully saturated rings. The van der Waals surface area contributed by atoms with Crippen LogP contribution in [0.5, 0.6) is 5.75 Å². The topological polar surface area (TPSA) is 91.8 Å².